The van der Waals surface area contributed by atoms with Gasteiger partial charge in [0.05, 0.1) is 33.9 Å². The number of nitriles is 1. The zero-order valence-corrected chi connectivity index (χ0v) is 15.5. The van der Waals surface area contributed by atoms with E-state index in [0.29, 0.717) is 17.9 Å². The van der Waals surface area contributed by atoms with Crippen LogP contribution in [0.4, 0.5) is 0 Å². The first kappa shape index (κ1) is 19.5. The van der Waals surface area contributed by atoms with Crippen molar-refractivity contribution in [2.24, 2.45) is 0 Å². The number of esters is 1. The minimum absolute atomic E-state index is 0.150. The molecule has 0 atom stereocenters. The molecule has 0 aliphatic rings. The van der Waals surface area contributed by atoms with Crippen molar-refractivity contribution in [3.63, 3.8) is 0 Å². The number of benzene rings is 2. The number of carbonyl (C=O) groups is 1. The lowest BCUT2D eigenvalue weighted by Crippen LogP contribution is -2.14. The van der Waals surface area contributed by atoms with E-state index in [1.54, 1.807) is 20.8 Å². The first-order valence-corrected chi connectivity index (χ1v) is 9.57. The van der Waals surface area contributed by atoms with Crippen molar-refractivity contribution in [2.45, 2.75) is 30.9 Å². The van der Waals surface area contributed by atoms with Crippen LogP contribution in [0, 0.1) is 11.3 Å². The normalized spacial score (nSPS) is 11.0. The number of hydrogen-bond donors (Lipinski definition) is 0. The van der Waals surface area contributed by atoms with Crippen LogP contribution in [-0.2, 0) is 9.84 Å². The van der Waals surface area contributed by atoms with Crippen LogP contribution in [0.15, 0.2) is 47.4 Å². The monoisotopic (exact) mass is 373 g/mol. The number of nitrogens with zero attached hydrogens (tertiary/aromatic N) is 1. The van der Waals surface area contributed by atoms with Crippen LogP contribution >= 0.6 is 0 Å². The summed E-state index contributed by atoms with van der Waals surface area (Å²) in [6.45, 7) is 5.31. The van der Waals surface area contributed by atoms with E-state index in [1.807, 2.05) is 6.07 Å². The van der Waals surface area contributed by atoms with Gasteiger partial charge < -0.3 is 9.47 Å². The highest BCUT2D eigenvalue weighted by atomic mass is 32.2. The topological polar surface area (TPSA) is 93.5 Å². The summed E-state index contributed by atoms with van der Waals surface area (Å²) in [5, 5.41) is 8.40. The maximum absolute atomic E-state index is 12.3. The minimum atomic E-state index is -3.40. The molecular weight excluding hydrogens is 354 g/mol. The summed E-state index contributed by atoms with van der Waals surface area (Å²) in [4.78, 5) is 12.5. The molecule has 2 aromatic carbocycles. The minimum Gasteiger partial charge on any atom is -0.490 e. The first-order valence-electron chi connectivity index (χ1n) is 8.02. The van der Waals surface area contributed by atoms with Crippen molar-refractivity contribution in [1.82, 2.24) is 0 Å². The molecule has 7 heteroatoms. The lowest BCUT2D eigenvalue weighted by molar-refractivity contribution is 0.0728. The molecule has 0 fully saturated rings. The Balaban J connectivity index is 2.25. The molecule has 0 radical (unpaired) electrons. The van der Waals surface area contributed by atoms with Gasteiger partial charge in [-0.3, -0.25) is 0 Å². The zero-order valence-electron chi connectivity index (χ0n) is 14.7. The van der Waals surface area contributed by atoms with Crippen LogP contribution in [0.5, 0.6) is 11.5 Å². The lowest BCUT2D eigenvalue weighted by Gasteiger charge is -2.11. The molecule has 2 aromatic rings. The summed E-state index contributed by atoms with van der Waals surface area (Å²) in [6, 6.07) is 12.1. The Morgan fingerprint density at radius 1 is 1.12 bits per heavy atom. The second kappa shape index (κ2) is 8.02. The fourth-order valence-electron chi connectivity index (χ4n) is 2.14. The van der Waals surface area contributed by atoms with Gasteiger partial charge in [-0.2, -0.15) is 5.26 Å². The maximum Gasteiger partial charge on any atom is 0.343 e. The average molecular weight is 373 g/mol. The van der Waals surface area contributed by atoms with Crippen molar-refractivity contribution in [1.29, 1.82) is 5.26 Å². The van der Waals surface area contributed by atoms with E-state index in [2.05, 4.69) is 0 Å². The molecule has 0 saturated carbocycles. The molecule has 0 aromatic heterocycles. The van der Waals surface area contributed by atoms with Gasteiger partial charge in [0.25, 0.3) is 0 Å². The van der Waals surface area contributed by atoms with E-state index in [9.17, 15) is 13.2 Å². The molecular formula is C19H19NO5S. The molecule has 26 heavy (non-hydrogen) atoms. The van der Waals surface area contributed by atoms with Gasteiger partial charge in [0, 0.05) is 6.07 Å². The summed E-state index contributed by atoms with van der Waals surface area (Å²) in [6.07, 6.45) is 0. The standard InChI is InChI=1S/C19H19NO5S/c1-4-24-18-11-14(12-20)5-10-17(18)25-19(21)15-6-8-16(9-7-15)26(22,23)13(2)3/h5-11,13H,4H2,1-3H3. The number of hydrogen-bond acceptors (Lipinski definition) is 6. The highest BCUT2D eigenvalue weighted by Crippen LogP contribution is 2.29. The van der Waals surface area contributed by atoms with Crippen LogP contribution < -0.4 is 9.47 Å². The Bertz CT molecular complexity index is 941. The largest absolute Gasteiger partial charge is 0.490 e. The average Bonchev–Trinajstić information content (AvgIpc) is 2.63. The number of rotatable bonds is 6. The van der Waals surface area contributed by atoms with Crippen LogP contribution in [0.1, 0.15) is 36.7 Å². The van der Waals surface area contributed by atoms with Crippen molar-refractivity contribution < 1.29 is 22.7 Å². The number of carbonyl (C=O) groups excluding carboxylic acids is 1. The summed E-state index contributed by atoms with van der Waals surface area (Å²) in [5.41, 5.74) is 0.594. The van der Waals surface area contributed by atoms with Crippen LogP contribution in [0.2, 0.25) is 0 Å². The Kier molecular flexibility index (Phi) is 6.01. The fraction of sp³-hybridized carbons (Fsp3) is 0.263. The Labute approximate surface area is 152 Å². The summed E-state index contributed by atoms with van der Waals surface area (Å²) >= 11 is 0. The number of sulfone groups is 1. The predicted octanol–water partition coefficient (Wildman–Crippen LogP) is 3.36. The molecule has 0 aliphatic carbocycles. The van der Waals surface area contributed by atoms with Gasteiger partial charge in [0.1, 0.15) is 0 Å². The molecule has 0 saturated heterocycles. The van der Waals surface area contributed by atoms with Crippen molar-refractivity contribution >= 4 is 15.8 Å². The van der Waals surface area contributed by atoms with Crippen molar-refractivity contribution in [2.75, 3.05) is 6.61 Å². The molecule has 0 heterocycles. The van der Waals surface area contributed by atoms with Gasteiger partial charge >= 0.3 is 5.97 Å². The highest BCUT2D eigenvalue weighted by Gasteiger charge is 2.20. The van der Waals surface area contributed by atoms with Gasteiger partial charge in [-0.1, -0.05) is 0 Å². The molecule has 0 unspecified atom stereocenters. The number of ether oxygens (including phenoxy) is 2. The van der Waals surface area contributed by atoms with E-state index in [0.717, 1.165) is 0 Å². The van der Waals surface area contributed by atoms with Gasteiger partial charge in [-0.15, -0.1) is 0 Å². The molecule has 0 spiro atoms. The molecule has 0 amide bonds. The quantitative estimate of drug-likeness (QED) is 0.569. The molecule has 2 rings (SSSR count). The van der Waals surface area contributed by atoms with Crippen LogP contribution in [0.3, 0.4) is 0 Å². The maximum atomic E-state index is 12.3. The Morgan fingerprint density at radius 2 is 1.77 bits per heavy atom. The molecule has 0 bridgehead atoms. The molecule has 0 aliphatic heterocycles. The van der Waals surface area contributed by atoms with Gasteiger partial charge in [0.15, 0.2) is 21.3 Å². The molecule has 136 valence electrons. The third kappa shape index (κ3) is 4.21. The van der Waals surface area contributed by atoms with E-state index >= 15 is 0 Å². The van der Waals surface area contributed by atoms with Gasteiger partial charge in [0.2, 0.25) is 0 Å². The fourth-order valence-corrected chi connectivity index (χ4v) is 3.20. The van der Waals surface area contributed by atoms with E-state index < -0.39 is 21.1 Å². The van der Waals surface area contributed by atoms with E-state index in [4.69, 9.17) is 14.7 Å². The third-order valence-electron chi connectivity index (χ3n) is 3.61. The zero-order chi connectivity index (χ0) is 19.3. The SMILES string of the molecule is CCOc1cc(C#N)ccc1OC(=O)c1ccc(S(=O)(=O)C(C)C)cc1. The summed E-state index contributed by atoms with van der Waals surface area (Å²) in [5.74, 6) is -0.169. The Hall–Kier alpha value is -2.85. The predicted molar refractivity (Wildman–Crippen MR) is 96.0 cm³/mol. The van der Waals surface area contributed by atoms with Crippen molar-refractivity contribution in [3.05, 3.63) is 53.6 Å². The first-order chi connectivity index (χ1) is 12.3. The highest BCUT2D eigenvalue weighted by molar-refractivity contribution is 7.92. The van der Waals surface area contributed by atoms with E-state index in [1.165, 1.54) is 42.5 Å². The molecule has 0 N–H and O–H groups in total. The second-order valence-electron chi connectivity index (χ2n) is 5.71. The van der Waals surface area contributed by atoms with E-state index in [-0.39, 0.29) is 16.2 Å². The second-order valence-corrected chi connectivity index (χ2v) is 8.22. The Morgan fingerprint density at radius 3 is 2.31 bits per heavy atom. The van der Waals surface area contributed by atoms with Gasteiger partial charge in [-0.25, -0.2) is 13.2 Å². The summed E-state index contributed by atoms with van der Waals surface area (Å²) < 4.78 is 35.0. The van der Waals surface area contributed by atoms with Crippen LogP contribution in [0.25, 0.3) is 0 Å². The third-order valence-corrected chi connectivity index (χ3v) is 5.78. The van der Waals surface area contributed by atoms with Crippen molar-refractivity contribution in [3.8, 4) is 17.6 Å². The lowest BCUT2D eigenvalue weighted by atomic mass is 10.2. The smallest absolute Gasteiger partial charge is 0.343 e. The molecule has 6 nitrogen and oxygen atoms in total. The summed E-state index contributed by atoms with van der Waals surface area (Å²) in [7, 11) is -3.40. The van der Waals surface area contributed by atoms with Gasteiger partial charge in [-0.05, 0) is 57.2 Å². The van der Waals surface area contributed by atoms with Crippen LogP contribution in [-0.4, -0.2) is 26.2 Å².